The van der Waals surface area contributed by atoms with E-state index in [1.807, 2.05) is 0 Å². The van der Waals surface area contributed by atoms with Crippen molar-refractivity contribution < 1.29 is 27.6 Å². The molecular weight excluding hydrogens is 369 g/mol. The quantitative estimate of drug-likeness (QED) is 0.446. The Morgan fingerprint density at radius 2 is 1.96 bits per heavy atom. The summed E-state index contributed by atoms with van der Waals surface area (Å²) in [6.07, 6.45) is -5.17. The Morgan fingerprint density at radius 3 is 2.42 bits per heavy atom. The van der Waals surface area contributed by atoms with Crippen molar-refractivity contribution in [2.45, 2.75) is 31.9 Å². The molecule has 1 amide bonds. The van der Waals surface area contributed by atoms with E-state index in [4.69, 9.17) is 16.3 Å². The zero-order valence-corrected chi connectivity index (χ0v) is 14.9. The van der Waals surface area contributed by atoms with Crippen LogP contribution in [0.15, 0.2) is 12.1 Å². The number of hydrogen-bond donors (Lipinski definition) is 1. The average Bonchev–Trinajstić information content (AvgIpc) is 2.38. The van der Waals surface area contributed by atoms with Crippen molar-refractivity contribution in [2.75, 3.05) is 11.9 Å². The van der Waals surface area contributed by atoms with Crippen LogP contribution in [0.3, 0.4) is 0 Å². The predicted octanol–water partition coefficient (Wildman–Crippen LogP) is 4.47. The topological polar surface area (TPSA) is 81.5 Å². The fourth-order valence-corrected chi connectivity index (χ4v) is 2.50. The van der Waals surface area contributed by atoms with Crippen LogP contribution in [0.25, 0.3) is 0 Å². The van der Waals surface area contributed by atoms with Gasteiger partial charge in [0.2, 0.25) is 0 Å². The number of alkyl halides is 3. The van der Waals surface area contributed by atoms with Crippen molar-refractivity contribution in [3.8, 4) is 5.75 Å². The predicted molar refractivity (Wildman–Crippen MR) is 86.4 cm³/mol. The van der Waals surface area contributed by atoms with Crippen molar-refractivity contribution in [2.24, 2.45) is 0 Å². The molecule has 0 spiro atoms. The first-order chi connectivity index (χ1) is 10.8. The Balaban J connectivity index is 3.06. The molecule has 0 radical (unpaired) electrons. The van der Waals surface area contributed by atoms with E-state index in [0.29, 0.717) is 0 Å². The number of carbonyl (C=O) groups is 1. The second-order valence-corrected chi connectivity index (χ2v) is 12.2. The van der Waals surface area contributed by atoms with Gasteiger partial charge in [0.15, 0.2) is 0 Å². The number of nitrogens with one attached hydrogen (secondary N) is 1. The Hall–Kier alpha value is -1.81. The number of hydrogen-bond acceptors (Lipinski definition) is 4. The number of nitro benzene ring substituents is 1. The number of halogens is 4. The summed E-state index contributed by atoms with van der Waals surface area (Å²) in [6.45, 7) is 6.60. The summed E-state index contributed by atoms with van der Waals surface area (Å²) >= 11 is 5.88. The van der Waals surface area contributed by atoms with E-state index in [1.165, 1.54) is 5.32 Å². The fourth-order valence-electron chi connectivity index (χ4n) is 1.56. The van der Waals surface area contributed by atoms with Crippen LogP contribution in [0.2, 0.25) is 30.7 Å². The lowest BCUT2D eigenvalue weighted by Crippen LogP contribution is -2.30. The van der Waals surface area contributed by atoms with Gasteiger partial charge in [-0.05, 0) is 12.1 Å². The first-order valence-corrected chi connectivity index (χ1v) is 10.9. The van der Waals surface area contributed by atoms with E-state index in [1.54, 1.807) is 0 Å². The highest BCUT2D eigenvalue weighted by atomic mass is 35.5. The van der Waals surface area contributed by atoms with Crippen molar-refractivity contribution in [3.05, 3.63) is 27.3 Å². The van der Waals surface area contributed by atoms with Gasteiger partial charge in [-0.15, -0.1) is 0 Å². The van der Waals surface area contributed by atoms with Gasteiger partial charge in [0.1, 0.15) is 11.4 Å². The number of amides is 1. The van der Waals surface area contributed by atoms with Gasteiger partial charge >= 0.3 is 12.1 Å². The maximum atomic E-state index is 12.3. The van der Waals surface area contributed by atoms with Crippen LogP contribution in [-0.2, 0) is 4.79 Å². The summed E-state index contributed by atoms with van der Waals surface area (Å²) in [5, 5.41) is 12.3. The van der Waals surface area contributed by atoms with E-state index < -0.39 is 36.5 Å². The number of anilines is 1. The molecule has 134 valence electrons. The third-order valence-corrected chi connectivity index (χ3v) is 4.86. The fraction of sp³-hybridized carbons (Fsp3) is 0.462. The monoisotopic (exact) mass is 384 g/mol. The van der Waals surface area contributed by atoms with E-state index in [0.717, 1.165) is 18.2 Å². The Bertz CT molecular complexity index is 647. The summed E-state index contributed by atoms with van der Waals surface area (Å²) in [6, 6.07) is 2.54. The van der Waals surface area contributed by atoms with Crippen molar-refractivity contribution >= 4 is 37.0 Å². The molecule has 1 aromatic rings. The second kappa shape index (κ2) is 7.39. The normalized spacial score (nSPS) is 12.0. The molecule has 0 fully saturated rings. The maximum absolute atomic E-state index is 12.3. The maximum Gasteiger partial charge on any atom is 0.471 e. The number of nitrogens with zero attached hydrogens (tertiary/aromatic N) is 1. The third-order valence-electron chi connectivity index (χ3n) is 2.86. The van der Waals surface area contributed by atoms with Crippen LogP contribution in [0, 0.1) is 10.1 Å². The van der Waals surface area contributed by atoms with Gasteiger partial charge in [0.25, 0.3) is 5.69 Å². The van der Waals surface area contributed by atoms with Gasteiger partial charge in [0, 0.05) is 8.07 Å². The molecule has 24 heavy (non-hydrogen) atoms. The average molecular weight is 385 g/mol. The van der Waals surface area contributed by atoms with Crippen LogP contribution in [0.1, 0.15) is 0 Å². The molecule has 0 heterocycles. The zero-order chi connectivity index (χ0) is 18.7. The smallest absolute Gasteiger partial charge is 0.471 e. The molecule has 1 aromatic carbocycles. The van der Waals surface area contributed by atoms with E-state index in [9.17, 15) is 28.1 Å². The SMILES string of the molecule is C[Si](C)(C)CCOc1cc([N+](=O)[O-])c(NC(=O)C(F)(F)F)cc1Cl. The number of nitro groups is 1. The van der Waals surface area contributed by atoms with Gasteiger partial charge < -0.3 is 10.1 Å². The lowest BCUT2D eigenvalue weighted by atomic mass is 10.2. The van der Waals surface area contributed by atoms with Gasteiger partial charge in [-0.1, -0.05) is 31.2 Å². The van der Waals surface area contributed by atoms with Crippen molar-refractivity contribution in [1.29, 1.82) is 0 Å². The molecule has 0 bridgehead atoms. The van der Waals surface area contributed by atoms with E-state index >= 15 is 0 Å². The highest BCUT2D eigenvalue weighted by Crippen LogP contribution is 2.36. The highest BCUT2D eigenvalue weighted by molar-refractivity contribution is 6.76. The van der Waals surface area contributed by atoms with Crippen LogP contribution < -0.4 is 10.1 Å². The van der Waals surface area contributed by atoms with E-state index in [-0.39, 0.29) is 17.4 Å². The van der Waals surface area contributed by atoms with Crippen LogP contribution >= 0.6 is 11.6 Å². The molecule has 1 N–H and O–H groups in total. The van der Waals surface area contributed by atoms with Crippen LogP contribution in [0.5, 0.6) is 5.75 Å². The minimum absolute atomic E-state index is 0.0216. The molecule has 0 aliphatic carbocycles. The van der Waals surface area contributed by atoms with Gasteiger partial charge in [-0.25, -0.2) is 0 Å². The number of rotatable bonds is 6. The number of benzene rings is 1. The third kappa shape index (κ3) is 6.00. The minimum Gasteiger partial charge on any atom is -0.492 e. The zero-order valence-electron chi connectivity index (χ0n) is 13.2. The van der Waals surface area contributed by atoms with E-state index in [2.05, 4.69) is 19.6 Å². The minimum atomic E-state index is -5.17. The molecule has 0 saturated carbocycles. The van der Waals surface area contributed by atoms with Gasteiger partial charge in [-0.2, -0.15) is 13.2 Å². The Kier molecular flexibility index (Phi) is 6.23. The highest BCUT2D eigenvalue weighted by Gasteiger charge is 2.39. The summed E-state index contributed by atoms with van der Waals surface area (Å²) in [4.78, 5) is 21.1. The Morgan fingerprint density at radius 1 is 1.38 bits per heavy atom. The molecule has 11 heteroatoms. The first kappa shape index (κ1) is 20.2. The van der Waals surface area contributed by atoms with Crippen molar-refractivity contribution in [3.63, 3.8) is 0 Å². The number of carbonyl (C=O) groups excluding carboxylic acids is 1. The molecule has 0 aliphatic rings. The second-order valence-electron chi connectivity index (χ2n) is 6.17. The first-order valence-electron chi connectivity index (χ1n) is 6.80. The lowest BCUT2D eigenvalue weighted by Gasteiger charge is -2.17. The summed E-state index contributed by atoms with van der Waals surface area (Å²) in [7, 11) is -1.40. The van der Waals surface area contributed by atoms with Gasteiger partial charge in [0.05, 0.1) is 22.6 Å². The molecule has 0 saturated heterocycles. The van der Waals surface area contributed by atoms with Gasteiger partial charge in [-0.3, -0.25) is 14.9 Å². The largest absolute Gasteiger partial charge is 0.492 e. The summed E-state index contributed by atoms with van der Waals surface area (Å²) in [5.41, 5.74) is -1.38. The number of ether oxygens (including phenoxy) is 1. The standard InChI is InChI=1S/C13H16ClF3N2O4Si/c1-24(2,3)5-4-23-11-7-10(19(21)22)9(6-8(11)14)18-12(20)13(15,16)17/h6-7H,4-5H2,1-3H3,(H,18,20). The van der Waals surface area contributed by atoms with Crippen LogP contribution in [0.4, 0.5) is 24.5 Å². The molecular formula is C13H16ClF3N2O4Si. The molecule has 1 rings (SSSR count). The summed E-state index contributed by atoms with van der Waals surface area (Å²) < 4.78 is 42.3. The van der Waals surface area contributed by atoms with Crippen LogP contribution in [-0.4, -0.2) is 31.7 Å². The molecule has 0 atom stereocenters. The molecule has 0 aliphatic heterocycles. The summed E-state index contributed by atoms with van der Waals surface area (Å²) in [5.74, 6) is -2.35. The Labute approximate surface area is 142 Å². The lowest BCUT2D eigenvalue weighted by molar-refractivity contribution is -0.384. The molecule has 6 nitrogen and oxygen atoms in total. The molecule has 0 aromatic heterocycles. The molecule has 0 unspecified atom stereocenters. The van der Waals surface area contributed by atoms with Crippen molar-refractivity contribution in [1.82, 2.24) is 0 Å².